The van der Waals surface area contributed by atoms with Gasteiger partial charge in [0, 0.05) is 32.2 Å². The number of aromatic nitrogens is 4. The molecule has 6 rings (SSSR count). The van der Waals surface area contributed by atoms with E-state index in [0.717, 1.165) is 80.8 Å². The molecule has 0 aromatic carbocycles. The molecule has 0 unspecified atom stereocenters. The molecule has 2 aliphatic heterocycles. The van der Waals surface area contributed by atoms with Gasteiger partial charge in [0.1, 0.15) is 18.0 Å². The van der Waals surface area contributed by atoms with Crippen molar-refractivity contribution in [2.75, 3.05) is 42.9 Å². The molecular formula is C28H35N9O2. The van der Waals surface area contributed by atoms with Gasteiger partial charge in [0.15, 0.2) is 11.3 Å². The highest BCUT2D eigenvalue weighted by atomic mass is 16.5. The molecule has 0 bridgehead atoms. The molecule has 3 aliphatic rings. The van der Waals surface area contributed by atoms with Crippen LogP contribution < -0.4 is 21.0 Å². The highest BCUT2D eigenvalue weighted by molar-refractivity contribution is 6.00. The third-order valence-corrected chi connectivity index (χ3v) is 8.22. The lowest BCUT2D eigenvalue weighted by molar-refractivity contribution is 0.0892. The van der Waals surface area contributed by atoms with Gasteiger partial charge in [-0.05, 0) is 50.1 Å². The summed E-state index contributed by atoms with van der Waals surface area (Å²) in [5, 5.41) is 17.6. The number of hydrogen-bond donors (Lipinski definition) is 3. The van der Waals surface area contributed by atoms with E-state index in [9.17, 15) is 10.0 Å². The Kier molecular flexibility index (Phi) is 6.68. The number of fused-ring (bicyclic) bond motifs is 2. The van der Waals surface area contributed by atoms with Gasteiger partial charge in [-0.15, -0.1) is 0 Å². The van der Waals surface area contributed by atoms with Crippen LogP contribution in [-0.4, -0.2) is 68.4 Å². The fourth-order valence-electron chi connectivity index (χ4n) is 6.09. The van der Waals surface area contributed by atoms with E-state index in [4.69, 9.17) is 0 Å². The summed E-state index contributed by atoms with van der Waals surface area (Å²) < 4.78 is 1.07. The molecule has 5 heterocycles. The van der Waals surface area contributed by atoms with Crippen molar-refractivity contribution in [2.45, 2.75) is 51.5 Å². The van der Waals surface area contributed by atoms with Crippen molar-refractivity contribution in [1.82, 2.24) is 29.9 Å². The smallest absolute Gasteiger partial charge is 0.254 e. The van der Waals surface area contributed by atoms with Gasteiger partial charge in [-0.1, -0.05) is 26.2 Å². The van der Waals surface area contributed by atoms with Gasteiger partial charge in [-0.25, -0.2) is 19.9 Å². The molecule has 0 atom stereocenters. The van der Waals surface area contributed by atoms with Crippen molar-refractivity contribution >= 4 is 29.0 Å². The second-order valence-electron chi connectivity index (χ2n) is 10.6. The average Bonchev–Trinajstić information content (AvgIpc) is 3.24. The zero-order valence-corrected chi connectivity index (χ0v) is 22.5. The molecule has 11 heteroatoms. The van der Waals surface area contributed by atoms with Crippen molar-refractivity contribution in [3.63, 3.8) is 0 Å². The highest BCUT2D eigenvalue weighted by Gasteiger charge is 2.47. The van der Waals surface area contributed by atoms with Crippen LogP contribution in [0.15, 0.2) is 41.8 Å². The maximum atomic E-state index is 12.8. The summed E-state index contributed by atoms with van der Waals surface area (Å²) in [7, 11) is 0. The Balaban J connectivity index is 1.24. The van der Waals surface area contributed by atoms with Gasteiger partial charge in [0.05, 0.1) is 28.7 Å². The van der Waals surface area contributed by atoms with E-state index >= 15 is 0 Å². The number of aryl methyl sites for hydroxylation is 1. The van der Waals surface area contributed by atoms with Gasteiger partial charge < -0.3 is 25.6 Å². The van der Waals surface area contributed by atoms with E-state index in [2.05, 4.69) is 53.4 Å². The van der Waals surface area contributed by atoms with Crippen LogP contribution in [0.1, 0.15) is 60.6 Å². The van der Waals surface area contributed by atoms with Crippen LogP contribution in [0, 0.1) is 6.92 Å². The number of carbonyl (C=O) groups is 1. The standard InChI is InChI=1S/C28H35N9O2/c1-3-35-11-13-36(14-12-35)20-7-8-21(29-17-20)32-22-16-23(31-18-30-22)33-24-15-19(2)25-26(37(24)39)28(34-27(25)38)9-5-4-6-10-28/h7-8,15-18,39H,3-6,9-14H2,1-2H3,(H,34,38)(H,29,30,31,32). The molecule has 1 saturated heterocycles. The predicted octanol–water partition coefficient (Wildman–Crippen LogP) is 3.24. The SMILES string of the molecule is CCN1CCN(c2ccc(Nc3cc(N=c4cc(C)c5c(n4O)C4(CCCCC4)NC5=O)ncn3)nc2)CC1. The molecule has 1 aliphatic carbocycles. The first-order valence-corrected chi connectivity index (χ1v) is 13.8. The first-order chi connectivity index (χ1) is 19.0. The fraction of sp³-hybridized carbons (Fsp3) is 0.464. The van der Waals surface area contributed by atoms with Crippen molar-refractivity contribution in [3.05, 3.63) is 59.1 Å². The normalized spacial score (nSPS) is 19.3. The van der Waals surface area contributed by atoms with Crippen LogP contribution >= 0.6 is 0 Å². The lowest BCUT2D eigenvalue weighted by Gasteiger charge is -2.35. The monoisotopic (exact) mass is 529 g/mol. The van der Waals surface area contributed by atoms with E-state index in [0.29, 0.717) is 34.2 Å². The summed E-state index contributed by atoms with van der Waals surface area (Å²) in [4.78, 5) is 35.5. The number of nitrogens with one attached hydrogen (secondary N) is 2. The third-order valence-electron chi connectivity index (χ3n) is 8.22. The van der Waals surface area contributed by atoms with Crippen LogP contribution in [0.2, 0.25) is 0 Å². The molecule has 204 valence electrons. The molecule has 1 amide bonds. The number of pyridine rings is 2. The first-order valence-electron chi connectivity index (χ1n) is 13.8. The van der Waals surface area contributed by atoms with Crippen molar-refractivity contribution in [2.24, 2.45) is 4.99 Å². The molecule has 11 nitrogen and oxygen atoms in total. The van der Waals surface area contributed by atoms with Crippen molar-refractivity contribution < 1.29 is 10.0 Å². The third kappa shape index (κ3) is 4.82. The van der Waals surface area contributed by atoms with Crippen molar-refractivity contribution in [1.29, 1.82) is 0 Å². The number of likely N-dealkylation sites (N-methyl/N-ethyl adjacent to an activating group) is 1. The maximum absolute atomic E-state index is 12.8. The van der Waals surface area contributed by atoms with E-state index in [1.165, 1.54) is 6.33 Å². The molecule has 3 aromatic heterocycles. The Morgan fingerprint density at radius 3 is 2.56 bits per heavy atom. The minimum atomic E-state index is -0.546. The van der Waals surface area contributed by atoms with Crippen LogP contribution in [0.25, 0.3) is 0 Å². The first kappa shape index (κ1) is 25.3. The fourth-order valence-corrected chi connectivity index (χ4v) is 6.09. The summed E-state index contributed by atoms with van der Waals surface area (Å²) >= 11 is 0. The van der Waals surface area contributed by atoms with Gasteiger partial charge in [-0.3, -0.25) is 4.79 Å². The Morgan fingerprint density at radius 1 is 1.05 bits per heavy atom. The highest BCUT2D eigenvalue weighted by Crippen LogP contribution is 2.42. The van der Waals surface area contributed by atoms with Crippen LogP contribution in [-0.2, 0) is 5.54 Å². The summed E-state index contributed by atoms with van der Waals surface area (Å²) in [6.07, 6.45) is 8.06. The van der Waals surface area contributed by atoms with Gasteiger partial charge in [-0.2, -0.15) is 4.73 Å². The summed E-state index contributed by atoms with van der Waals surface area (Å²) in [5.41, 5.74) is 2.82. The minimum Gasteiger partial charge on any atom is -0.427 e. The summed E-state index contributed by atoms with van der Waals surface area (Å²) in [5.74, 6) is 1.47. The molecule has 2 fully saturated rings. The number of hydrogen-bond acceptors (Lipinski definition) is 9. The van der Waals surface area contributed by atoms with Crippen molar-refractivity contribution in [3.8, 4) is 0 Å². The topological polar surface area (TPSA) is 124 Å². The lowest BCUT2D eigenvalue weighted by atomic mass is 9.79. The quantitative estimate of drug-likeness (QED) is 0.431. The number of amides is 1. The van der Waals surface area contributed by atoms with Gasteiger partial charge in [0.25, 0.3) is 5.91 Å². The zero-order valence-electron chi connectivity index (χ0n) is 22.5. The molecule has 1 saturated carbocycles. The van der Waals surface area contributed by atoms with Crippen LogP contribution in [0.5, 0.6) is 0 Å². The molecule has 39 heavy (non-hydrogen) atoms. The van der Waals surface area contributed by atoms with E-state index < -0.39 is 5.54 Å². The molecule has 3 N–H and O–H groups in total. The summed E-state index contributed by atoms with van der Waals surface area (Å²) in [6.45, 7) is 9.29. The Hall–Kier alpha value is -3.99. The largest absolute Gasteiger partial charge is 0.427 e. The van der Waals surface area contributed by atoms with Crippen LogP contribution in [0.4, 0.5) is 23.1 Å². The Morgan fingerprint density at radius 2 is 1.85 bits per heavy atom. The number of rotatable bonds is 5. The molecule has 3 aromatic rings. The molecule has 0 radical (unpaired) electrons. The Bertz CT molecular complexity index is 1440. The second-order valence-corrected chi connectivity index (χ2v) is 10.6. The predicted molar refractivity (Wildman–Crippen MR) is 148 cm³/mol. The second kappa shape index (κ2) is 10.3. The number of carbonyl (C=O) groups excluding carboxylic acids is 1. The average molecular weight is 530 g/mol. The molecular weight excluding hydrogens is 494 g/mol. The molecule has 1 spiro atoms. The lowest BCUT2D eigenvalue weighted by Crippen LogP contribution is -2.46. The van der Waals surface area contributed by atoms with E-state index in [1.807, 2.05) is 19.2 Å². The maximum Gasteiger partial charge on any atom is 0.254 e. The number of nitrogens with zero attached hydrogens (tertiary/aromatic N) is 7. The number of anilines is 3. The van der Waals surface area contributed by atoms with E-state index in [1.54, 1.807) is 12.1 Å². The number of piperazine rings is 1. The Labute approximate surface area is 227 Å². The van der Waals surface area contributed by atoms with E-state index in [-0.39, 0.29) is 5.91 Å². The zero-order chi connectivity index (χ0) is 27.0. The van der Waals surface area contributed by atoms with Crippen LogP contribution in [0.3, 0.4) is 0 Å². The van der Waals surface area contributed by atoms with Gasteiger partial charge >= 0.3 is 0 Å². The summed E-state index contributed by atoms with van der Waals surface area (Å²) in [6, 6.07) is 7.44. The van der Waals surface area contributed by atoms with Gasteiger partial charge in [0.2, 0.25) is 0 Å². The minimum absolute atomic E-state index is 0.131.